The van der Waals surface area contributed by atoms with Crippen molar-refractivity contribution < 1.29 is 18.3 Å². The second kappa shape index (κ2) is 6.77. The number of aliphatic hydroxyl groups excluding tert-OH is 1. The summed E-state index contributed by atoms with van der Waals surface area (Å²) in [5, 5.41) is 9.56. The number of benzene rings is 1. The molecule has 0 saturated carbocycles. The minimum Gasteiger partial charge on any atom is -0.493 e. The summed E-state index contributed by atoms with van der Waals surface area (Å²) in [6.45, 7) is 3.33. The average Bonchev–Trinajstić information content (AvgIpc) is 2.45. The summed E-state index contributed by atoms with van der Waals surface area (Å²) in [4.78, 5) is 0. The minimum atomic E-state index is -3.11. The number of ether oxygens (including phenoxy) is 1. The highest BCUT2D eigenvalue weighted by atomic mass is 32.2. The molecule has 1 aliphatic heterocycles. The van der Waals surface area contributed by atoms with Crippen molar-refractivity contribution >= 4 is 10.0 Å². The van der Waals surface area contributed by atoms with Crippen molar-refractivity contribution in [1.82, 2.24) is 4.31 Å². The molecule has 1 N–H and O–H groups in total. The molecule has 6 heteroatoms. The van der Waals surface area contributed by atoms with Crippen LogP contribution >= 0.6 is 0 Å². The lowest BCUT2D eigenvalue weighted by atomic mass is 10.0. The summed E-state index contributed by atoms with van der Waals surface area (Å²) in [7, 11) is -3.11. The molecule has 0 aromatic heterocycles. The first-order valence-corrected chi connectivity index (χ1v) is 9.07. The topological polar surface area (TPSA) is 66.8 Å². The van der Waals surface area contributed by atoms with Gasteiger partial charge in [0.2, 0.25) is 10.0 Å². The largest absolute Gasteiger partial charge is 0.493 e. The predicted molar refractivity (Wildman–Crippen MR) is 81.7 cm³/mol. The first kappa shape index (κ1) is 16.3. The van der Waals surface area contributed by atoms with E-state index in [2.05, 4.69) is 0 Å². The summed E-state index contributed by atoms with van der Waals surface area (Å²) < 4.78 is 30.5. The van der Waals surface area contributed by atoms with E-state index in [1.807, 2.05) is 24.3 Å². The number of piperidine rings is 1. The van der Waals surface area contributed by atoms with Crippen molar-refractivity contribution in [3.05, 3.63) is 29.8 Å². The van der Waals surface area contributed by atoms with E-state index >= 15 is 0 Å². The third-order valence-electron chi connectivity index (χ3n) is 3.78. The Kier molecular flexibility index (Phi) is 5.24. The molecule has 21 heavy (non-hydrogen) atoms. The molecule has 118 valence electrons. The van der Waals surface area contributed by atoms with Gasteiger partial charge in [-0.2, -0.15) is 0 Å². The molecule has 5 nitrogen and oxygen atoms in total. The van der Waals surface area contributed by atoms with E-state index in [-0.39, 0.29) is 5.92 Å². The van der Waals surface area contributed by atoms with Crippen LogP contribution in [0, 0.1) is 5.92 Å². The molecule has 1 aromatic carbocycles. The van der Waals surface area contributed by atoms with Gasteiger partial charge in [0.15, 0.2) is 0 Å². The number of aliphatic hydroxyl groups is 1. The number of rotatable bonds is 5. The molecule has 1 heterocycles. The van der Waals surface area contributed by atoms with Gasteiger partial charge in [-0.1, -0.05) is 12.1 Å². The smallest absolute Gasteiger partial charge is 0.211 e. The fourth-order valence-electron chi connectivity index (χ4n) is 2.54. The SMILES string of the molecule is C[C@H](O)c1cccc(OCC2CCCN(S(C)(=O)=O)C2)c1. The molecule has 1 fully saturated rings. The van der Waals surface area contributed by atoms with Crippen LogP contribution in [0.2, 0.25) is 0 Å². The summed E-state index contributed by atoms with van der Waals surface area (Å²) in [5.41, 5.74) is 0.814. The Morgan fingerprint density at radius 2 is 2.24 bits per heavy atom. The Morgan fingerprint density at radius 1 is 1.48 bits per heavy atom. The predicted octanol–water partition coefficient (Wildman–Crippen LogP) is 1.79. The summed E-state index contributed by atoms with van der Waals surface area (Å²) in [6.07, 6.45) is 2.57. The highest BCUT2D eigenvalue weighted by molar-refractivity contribution is 7.88. The van der Waals surface area contributed by atoms with Crippen LogP contribution in [0.4, 0.5) is 0 Å². The van der Waals surface area contributed by atoms with E-state index < -0.39 is 16.1 Å². The maximum Gasteiger partial charge on any atom is 0.211 e. The monoisotopic (exact) mass is 313 g/mol. The molecular weight excluding hydrogens is 290 g/mol. The summed E-state index contributed by atoms with van der Waals surface area (Å²) in [5.74, 6) is 0.925. The molecule has 0 radical (unpaired) electrons. The molecule has 0 spiro atoms. The first-order valence-electron chi connectivity index (χ1n) is 7.22. The van der Waals surface area contributed by atoms with Gasteiger partial charge < -0.3 is 9.84 Å². The Morgan fingerprint density at radius 3 is 2.90 bits per heavy atom. The lowest BCUT2D eigenvalue weighted by Gasteiger charge is -2.30. The van der Waals surface area contributed by atoms with Crippen LogP contribution in [0.5, 0.6) is 5.75 Å². The van der Waals surface area contributed by atoms with Crippen LogP contribution in [0.15, 0.2) is 24.3 Å². The zero-order valence-corrected chi connectivity index (χ0v) is 13.3. The summed E-state index contributed by atoms with van der Waals surface area (Å²) in [6, 6.07) is 7.37. The van der Waals surface area contributed by atoms with Crippen molar-refractivity contribution in [3.63, 3.8) is 0 Å². The van der Waals surface area contributed by atoms with Gasteiger partial charge in [0.05, 0.1) is 19.0 Å². The Balaban J connectivity index is 1.92. The van der Waals surface area contributed by atoms with Gasteiger partial charge in [-0.15, -0.1) is 0 Å². The van der Waals surface area contributed by atoms with Crippen LogP contribution in [-0.4, -0.2) is 43.8 Å². The lowest BCUT2D eigenvalue weighted by Crippen LogP contribution is -2.40. The second-order valence-corrected chi connectivity index (χ2v) is 7.67. The normalized spacial score (nSPS) is 22.0. The number of nitrogens with zero attached hydrogens (tertiary/aromatic N) is 1. The molecular formula is C15H23NO4S. The van der Waals surface area contributed by atoms with Crippen LogP contribution in [0.25, 0.3) is 0 Å². The van der Waals surface area contributed by atoms with Gasteiger partial charge in [0.1, 0.15) is 5.75 Å². The van der Waals surface area contributed by atoms with Crippen LogP contribution < -0.4 is 4.74 Å². The van der Waals surface area contributed by atoms with E-state index in [1.165, 1.54) is 10.6 Å². The van der Waals surface area contributed by atoms with Gasteiger partial charge in [0.25, 0.3) is 0 Å². The Bertz CT molecular complexity index is 571. The van der Waals surface area contributed by atoms with E-state index in [0.29, 0.717) is 25.4 Å². The fraction of sp³-hybridized carbons (Fsp3) is 0.600. The Labute approximate surface area is 126 Å². The van der Waals surface area contributed by atoms with Gasteiger partial charge in [0, 0.05) is 19.0 Å². The van der Waals surface area contributed by atoms with E-state index in [0.717, 1.165) is 18.4 Å². The van der Waals surface area contributed by atoms with E-state index in [4.69, 9.17) is 4.74 Å². The number of hydrogen-bond donors (Lipinski definition) is 1. The van der Waals surface area contributed by atoms with E-state index in [1.54, 1.807) is 6.92 Å². The second-order valence-electron chi connectivity index (χ2n) is 5.69. The van der Waals surface area contributed by atoms with Crippen molar-refractivity contribution in [2.75, 3.05) is 26.0 Å². The first-order chi connectivity index (χ1) is 9.86. The molecule has 2 atom stereocenters. The maximum atomic E-state index is 11.6. The zero-order valence-electron chi connectivity index (χ0n) is 12.5. The highest BCUT2D eigenvalue weighted by Gasteiger charge is 2.26. The van der Waals surface area contributed by atoms with Crippen molar-refractivity contribution in [2.45, 2.75) is 25.9 Å². The Hall–Kier alpha value is -1.11. The van der Waals surface area contributed by atoms with Gasteiger partial charge in [-0.05, 0) is 37.5 Å². The zero-order chi connectivity index (χ0) is 15.5. The molecule has 0 amide bonds. The number of sulfonamides is 1. The molecule has 2 rings (SSSR count). The summed E-state index contributed by atoms with van der Waals surface area (Å²) >= 11 is 0. The van der Waals surface area contributed by atoms with Crippen LogP contribution in [0.1, 0.15) is 31.4 Å². The maximum absolute atomic E-state index is 11.6. The standard InChI is InChI=1S/C15H23NO4S/c1-12(17)14-6-3-7-15(9-14)20-11-13-5-4-8-16(10-13)21(2,18)19/h3,6-7,9,12-13,17H,4-5,8,10-11H2,1-2H3/t12-,13?/m0/s1. The molecule has 0 aliphatic carbocycles. The minimum absolute atomic E-state index is 0.212. The molecule has 1 unspecified atom stereocenters. The molecule has 1 aliphatic rings. The average molecular weight is 313 g/mol. The van der Waals surface area contributed by atoms with Crippen molar-refractivity contribution in [1.29, 1.82) is 0 Å². The number of hydrogen-bond acceptors (Lipinski definition) is 4. The molecule has 0 bridgehead atoms. The van der Waals surface area contributed by atoms with Crippen molar-refractivity contribution in [3.8, 4) is 5.75 Å². The molecule has 1 aromatic rings. The van der Waals surface area contributed by atoms with Crippen molar-refractivity contribution in [2.24, 2.45) is 5.92 Å². The lowest BCUT2D eigenvalue weighted by molar-refractivity contribution is 0.178. The quantitative estimate of drug-likeness (QED) is 0.900. The van der Waals surface area contributed by atoms with Crippen LogP contribution in [0.3, 0.4) is 0 Å². The third-order valence-corrected chi connectivity index (χ3v) is 5.05. The van der Waals surface area contributed by atoms with E-state index in [9.17, 15) is 13.5 Å². The fourth-order valence-corrected chi connectivity index (χ4v) is 3.48. The van der Waals surface area contributed by atoms with Gasteiger partial charge in [-0.3, -0.25) is 0 Å². The van der Waals surface area contributed by atoms with Crippen LogP contribution in [-0.2, 0) is 10.0 Å². The van der Waals surface area contributed by atoms with Gasteiger partial charge >= 0.3 is 0 Å². The molecule has 1 saturated heterocycles. The third kappa shape index (κ3) is 4.69. The van der Waals surface area contributed by atoms with Gasteiger partial charge in [-0.25, -0.2) is 12.7 Å². The highest BCUT2D eigenvalue weighted by Crippen LogP contribution is 2.22.